The van der Waals surface area contributed by atoms with Crippen LogP contribution in [0.5, 0.6) is 0 Å². The fourth-order valence-electron chi connectivity index (χ4n) is 2.65. The lowest BCUT2D eigenvalue weighted by Crippen LogP contribution is -2.28. The van der Waals surface area contributed by atoms with Gasteiger partial charge in [0, 0.05) is 25.2 Å². The highest BCUT2D eigenvalue weighted by atomic mass is 35.5. The van der Waals surface area contributed by atoms with Crippen LogP contribution in [0.2, 0.25) is 0 Å². The first-order valence-electron chi connectivity index (χ1n) is 8.47. The number of rotatable bonds is 9. The van der Waals surface area contributed by atoms with Gasteiger partial charge in [-0.05, 0) is 43.6 Å². The van der Waals surface area contributed by atoms with Crippen molar-refractivity contribution in [2.75, 3.05) is 25.9 Å². The largest absolute Gasteiger partial charge is 0.399 e. The Balaban J connectivity index is 0.00000312. The Labute approximate surface area is 169 Å². The van der Waals surface area contributed by atoms with Crippen LogP contribution in [0, 0.1) is 0 Å². The molecule has 0 aliphatic rings. The van der Waals surface area contributed by atoms with Gasteiger partial charge in [0.15, 0.2) is 0 Å². The number of carbonyl (C=O) groups is 1. The van der Waals surface area contributed by atoms with Crippen LogP contribution in [0.1, 0.15) is 24.0 Å². The summed E-state index contributed by atoms with van der Waals surface area (Å²) in [5.41, 5.74) is 8.99. The van der Waals surface area contributed by atoms with E-state index >= 15 is 0 Å². The minimum absolute atomic E-state index is 0. The van der Waals surface area contributed by atoms with Gasteiger partial charge in [0.2, 0.25) is 5.91 Å². The summed E-state index contributed by atoms with van der Waals surface area (Å²) in [4.78, 5) is 14.2. The van der Waals surface area contributed by atoms with E-state index in [2.05, 4.69) is 41.5 Å². The molecule has 0 radical (unpaired) electrons. The molecule has 0 atom stereocenters. The van der Waals surface area contributed by atoms with Crippen LogP contribution < -0.4 is 11.1 Å². The predicted molar refractivity (Wildman–Crippen MR) is 114 cm³/mol. The second-order valence-electron chi connectivity index (χ2n) is 6.13. The second kappa shape index (κ2) is 13.5. The lowest BCUT2D eigenvalue weighted by atomic mass is 10.1. The van der Waals surface area contributed by atoms with E-state index in [9.17, 15) is 4.79 Å². The van der Waals surface area contributed by atoms with E-state index in [1.165, 1.54) is 5.56 Å². The van der Waals surface area contributed by atoms with Gasteiger partial charge in [-0.25, -0.2) is 0 Å². The van der Waals surface area contributed by atoms with Gasteiger partial charge in [0.1, 0.15) is 0 Å². The first-order chi connectivity index (χ1) is 11.6. The van der Waals surface area contributed by atoms with Crippen molar-refractivity contribution < 1.29 is 4.79 Å². The van der Waals surface area contributed by atoms with Crippen LogP contribution in [0.25, 0.3) is 0 Å². The minimum Gasteiger partial charge on any atom is -0.399 e. The third-order valence-corrected chi connectivity index (χ3v) is 4.01. The third kappa shape index (κ3) is 9.09. The van der Waals surface area contributed by atoms with Crippen molar-refractivity contribution in [3.05, 3.63) is 65.7 Å². The van der Waals surface area contributed by atoms with E-state index in [1.54, 1.807) is 0 Å². The molecule has 6 heteroatoms. The average molecular weight is 398 g/mol. The average Bonchev–Trinajstić information content (AvgIpc) is 2.59. The summed E-state index contributed by atoms with van der Waals surface area (Å²) in [6.45, 7) is 2.60. The second-order valence-corrected chi connectivity index (χ2v) is 6.13. The number of benzene rings is 2. The van der Waals surface area contributed by atoms with Crippen molar-refractivity contribution >= 4 is 36.4 Å². The van der Waals surface area contributed by atoms with Gasteiger partial charge < -0.3 is 16.0 Å². The number of halogens is 2. The van der Waals surface area contributed by atoms with Crippen molar-refractivity contribution in [3.8, 4) is 0 Å². The van der Waals surface area contributed by atoms with Crippen LogP contribution in [0.4, 0.5) is 5.69 Å². The highest BCUT2D eigenvalue weighted by Gasteiger charge is 2.05. The zero-order valence-corrected chi connectivity index (χ0v) is 16.8. The van der Waals surface area contributed by atoms with Crippen LogP contribution in [0.15, 0.2) is 54.6 Å². The molecule has 2 aromatic carbocycles. The Kier molecular flexibility index (Phi) is 12.5. The first-order valence-corrected chi connectivity index (χ1v) is 8.47. The highest BCUT2D eigenvalue weighted by molar-refractivity contribution is 5.85. The fourth-order valence-corrected chi connectivity index (χ4v) is 2.65. The minimum atomic E-state index is 0. The van der Waals surface area contributed by atoms with Gasteiger partial charge in [0.25, 0.3) is 0 Å². The van der Waals surface area contributed by atoms with E-state index in [0.29, 0.717) is 19.4 Å². The molecule has 1 amide bonds. The maximum Gasteiger partial charge on any atom is 0.220 e. The summed E-state index contributed by atoms with van der Waals surface area (Å²) in [6, 6.07) is 18.1. The quantitative estimate of drug-likeness (QED) is 0.501. The molecule has 0 aromatic heterocycles. The van der Waals surface area contributed by atoms with Crippen LogP contribution in [0.3, 0.4) is 0 Å². The topological polar surface area (TPSA) is 58.4 Å². The molecule has 0 fully saturated rings. The predicted octanol–water partition coefficient (Wildman–Crippen LogP) is 3.68. The van der Waals surface area contributed by atoms with Crippen molar-refractivity contribution in [3.63, 3.8) is 0 Å². The molecule has 3 N–H and O–H groups in total. The number of amides is 1. The normalized spacial score (nSPS) is 9.92. The fraction of sp³-hybridized carbons (Fsp3) is 0.350. The monoisotopic (exact) mass is 397 g/mol. The van der Waals surface area contributed by atoms with Crippen molar-refractivity contribution in [2.45, 2.75) is 25.8 Å². The SMILES string of the molecule is CN(CCCNC(=O)CCc1ccccc1N)Cc1ccccc1.Cl.Cl. The molecule has 2 rings (SSSR count). The first kappa shape index (κ1) is 24.2. The molecule has 144 valence electrons. The summed E-state index contributed by atoms with van der Waals surface area (Å²) < 4.78 is 0. The molecule has 0 spiro atoms. The number of hydrogen-bond donors (Lipinski definition) is 2. The van der Waals surface area contributed by atoms with Gasteiger partial charge in [-0.2, -0.15) is 0 Å². The Morgan fingerprint density at radius 3 is 2.38 bits per heavy atom. The zero-order chi connectivity index (χ0) is 17.2. The van der Waals surface area contributed by atoms with E-state index in [1.807, 2.05) is 30.3 Å². The molecule has 0 unspecified atom stereocenters. The van der Waals surface area contributed by atoms with E-state index < -0.39 is 0 Å². The molecule has 2 aromatic rings. The molecule has 0 aliphatic heterocycles. The zero-order valence-electron chi connectivity index (χ0n) is 15.2. The number of para-hydroxylation sites is 1. The number of hydrogen-bond acceptors (Lipinski definition) is 3. The van der Waals surface area contributed by atoms with Gasteiger partial charge >= 0.3 is 0 Å². The summed E-state index contributed by atoms with van der Waals surface area (Å²) in [7, 11) is 2.10. The molecule has 26 heavy (non-hydrogen) atoms. The number of carbonyl (C=O) groups excluding carboxylic acids is 1. The lowest BCUT2D eigenvalue weighted by molar-refractivity contribution is -0.121. The van der Waals surface area contributed by atoms with E-state index in [4.69, 9.17) is 5.73 Å². The Hall–Kier alpha value is -1.75. The summed E-state index contributed by atoms with van der Waals surface area (Å²) in [5.74, 6) is 0.0870. The number of nitrogens with zero attached hydrogens (tertiary/aromatic N) is 1. The number of nitrogen functional groups attached to an aromatic ring is 1. The highest BCUT2D eigenvalue weighted by Crippen LogP contribution is 2.12. The van der Waals surface area contributed by atoms with Crippen LogP contribution in [-0.4, -0.2) is 30.9 Å². The van der Waals surface area contributed by atoms with Crippen molar-refractivity contribution in [2.24, 2.45) is 0 Å². The van der Waals surface area contributed by atoms with Crippen molar-refractivity contribution in [1.29, 1.82) is 0 Å². The van der Waals surface area contributed by atoms with Gasteiger partial charge in [-0.1, -0.05) is 48.5 Å². The maximum absolute atomic E-state index is 11.9. The number of nitrogens with two attached hydrogens (primary N) is 1. The third-order valence-electron chi connectivity index (χ3n) is 4.01. The van der Waals surface area contributed by atoms with Gasteiger partial charge in [-0.3, -0.25) is 4.79 Å². The Morgan fingerprint density at radius 1 is 1.04 bits per heavy atom. The van der Waals surface area contributed by atoms with Crippen molar-refractivity contribution in [1.82, 2.24) is 10.2 Å². The van der Waals surface area contributed by atoms with Crippen LogP contribution in [-0.2, 0) is 17.8 Å². The molecule has 4 nitrogen and oxygen atoms in total. The summed E-state index contributed by atoms with van der Waals surface area (Å²) in [5, 5.41) is 2.99. The Bertz CT molecular complexity index is 638. The number of nitrogens with one attached hydrogen (secondary N) is 1. The molecule has 0 bridgehead atoms. The molecular weight excluding hydrogens is 369 g/mol. The molecule has 0 heterocycles. The molecule has 0 saturated heterocycles. The summed E-state index contributed by atoms with van der Waals surface area (Å²) >= 11 is 0. The molecular formula is C20H29Cl2N3O. The maximum atomic E-state index is 11.9. The van der Waals surface area contributed by atoms with Crippen LogP contribution >= 0.6 is 24.8 Å². The smallest absolute Gasteiger partial charge is 0.220 e. The van der Waals surface area contributed by atoms with E-state index in [-0.39, 0.29) is 30.7 Å². The lowest BCUT2D eigenvalue weighted by Gasteiger charge is -2.16. The van der Waals surface area contributed by atoms with Gasteiger partial charge in [-0.15, -0.1) is 24.8 Å². The molecule has 0 aliphatic carbocycles. The Morgan fingerprint density at radius 2 is 1.69 bits per heavy atom. The number of anilines is 1. The molecule has 0 saturated carbocycles. The number of aryl methyl sites for hydroxylation is 1. The van der Waals surface area contributed by atoms with E-state index in [0.717, 1.165) is 30.8 Å². The van der Waals surface area contributed by atoms with Gasteiger partial charge in [0.05, 0.1) is 0 Å². The standard InChI is InChI=1S/C20H27N3O.2ClH/c1-23(16-17-8-3-2-4-9-17)15-7-14-22-20(24)13-12-18-10-5-6-11-19(18)21;;/h2-6,8-11H,7,12-16,21H2,1H3,(H,22,24);2*1H. The summed E-state index contributed by atoms with van der Waals surface area (Å²) in [6.07, 6.45) is 2.11.